The van der Waals surface area contributed by atoms with Gasteiger partial charge in [0.05, 0.1) is 12.3 Å². The average molecular weight is 375 g/mol. The smallest absolute Gasteiger partial charge is 0.243 e. The van der Waals surface area contributed by atoms with Crippen LogP contribution in [0.15, 0.2) is 48.5 Å². The molecule has 2 aromatic rings. The summed E-state index contributed by atoms with van der Waals surface area (Å²) in [5.74, 6) is -0.350. The van der Waals surface area contributed by atoms with Crippen LogP contribution in [0.3, 0.4) is 0 Å². The van der Waals surface area contributed by atoms with Gasteiger partial charge < -0.3 is 5.32 Å². The Hall–Kier alpha value is -2.18. The highest BCUT2D eigenvalue weighted by molar-refractivity contribution is 7.88. The Kier molecular flexibility index (Phi) is 6.21. The van der Waals surface area contributed by atoms with E-state index in [0.717, 1.165) is 27.3 Å². The molecule has 0 saturated heterocycles. The SMILES string of the molecule is Cc1ccc(C)c([C@H](C)NC(=O)[C@@H](c2ccccc2)N(C)S(C)(=O)=O)c1. The Labute approximate surface area is 156 Å². The summed E-state index contributed by atoms with van der Waals surface area (Å²) in [6.45, 7) is 5.90. The van der Waals surface area contributed by atoms with Crippen molar-refractivity contribution in [3.05, 3.63) is 70.8 Å². The number of benzene rings is 2. The highest BCUT2D eigenvalue weighted by Crippen LogP contribution is 2.25. The summed E-state index contributed by atoms with van der Waals surface area (Å²) < 4.78 is 25.2. The van der Waals surface area contributed by atoms with Crippen LogP contribution in [0.25, 0.3) is 0 Å². The number of amides is 1. The molecule has 1 amide bonds. The molecule has 0 fully saturated rings. The third-order valence-electron chi connectivity index (χ3n) is 4.51. The molecule has 0 spiro atoms. The minimum Gasteiger partial charge on any atom is -0.348 e. The van der Waals surface area contributed by atoms with Crippen LogP contribution < -0.4 is 5.32 Å². The third kappa shape index (κ3) is 4.71. The van der Waals surface area contributed by atoms with Crippen molar-refractivity contribution >= 4 is 15.9 Å². The molecule has 2 rings (SSSR count). The maximum Gasteiger partial charge on any atom is 0.243 e. The van der Waals surface area contributed by atoms with Gasteiger partial charge in [0.15, 0.2) is 0 Å². The normalized spacial score (nSPS) is 14.1. The van der Waals surface area contributed by atoms with Gasteiger partial charge in [0.25, 0.3) is 0 Å². The minimum absolute atomic E-state index is 0.235. The van der Waals surface area contributed by atoms with Crippen LogP contribution in [-0.2, 0) is 14.8 Å². The molecule has 0 heterocycles. The number of carbonyl (C=O) groups excluding carboxylic acids is 1. The fraction of sp³-hybridized carbons (Fsp3) is 0.350. The lowest BCUT2D eigenvalue weighted by molar-refractivity contribution is -0.125. The van der Waals surface area contributed by atoms with Crippen LogP contribution in [-0.4, -0.2) is 31.9 Å². The van der Waals surface area contributed by atoms with Gasteiger partial charge in [-0.1, -0.05) is 54.1 Å². The molecule has 0 saturated carbocycles. The van der Waals surface area contributed by atoms with Crippen molar-refractivity contribution in [2.45, 2.75) is 32.9 Å². The molecule has 0 aliphatic carbocycles. The Morgan fingerprint density at radius 3 is 2.27 bits per heavy atom. The molecule has 0 aliphatic heterocycles. The number of hydrogen-bond acceptors (Lipinski definition) is 3. The van der Waals surface area contributed by atoms with Gasteiger partial charge in [-0.25, -0.2) is 8.42 Å². The molecule has 0 aliphatic rings. The van der Waals surface area contributed by atoms with E-state index in [1.54, 1.807) is 24.3 Å². The van der Waals surface area contributed by atoms with Crippen LogP contribution in [0.5, 0.6) is 0 Å². The Morgan fingerprint density at radius 2 is 1.69 bits per heavy atom. The average Bonchev–Trinajstić information content (AvgIpc) is 2.57. The zero-order valence-electron chi connectivity index (χ0n) is 15.9. The Bertz CT molecular complexity index is 879. The molecule has 1 N–H and O–H groups in total. The topological polar surface area (TPSA) is 66.5 Å². The molecular formula is C20H26N2O3S. The molecule has 6 heteroatoms. The Morgan fingerprint density at radius 1 is 1.08 bits per heavy atom. The van der Waals surface area contributed by atoms with Gasteiger partial charge in [-0.3, -0.25) is 4.79 Å². The first kappa shape index (κ1) is 20.1. The van der Waals surface area contributed by atoms with Crippen molar-refractivity contribution in [1.29, 1.82) is 0 Å². The van der Waals surface area contributed by atoms with Crippen molar-refractivity contribution in [2.24, 2.45) is 0 Å². The van der Waals surface area contributed by atoms with Gasteiger partial charge >= 0.3 is 0 Å². The molecule has 0 radical (unpaired) electrons. The van der Waals surface area contributed by atoms with Crippen molar-refractivity contribution in [2.75, 3.05) is 13.3 Å². The van der Waals surface area contributed by atoms with Gasteiger partial charge in [0.1, 0.15) is 6.04 Å². The van der Waals surface area contributed by atoms with Crippen LogP contribution >= 0.6 is 0 Å². The number of aryl methyl sites for hydroxylation is 2. The first-order valence-corrected chi connectivity index (χ1v) is 10.3. The lowest BCUT2D eigenvalue weighted by Gasteiger charge is -2.27. The second-order valence-corrected chi connectivity index (χ2v) is 8.72. The standard InChI is InChI=1S/C20H26N2O3S/c1-14-11-12-15(2)18(13-14)16(3)21-20(23)19(22(4)26(5,24)25)17-9-7-6-8-10-17/h6-13,16,19H,1-5H3,(H,21,23)/t16-,19+/m0/s1. The zero-order chi connectivity index (χ0) is 19.5. The summed E-state index contributed by atoms with van der Waals surface area (Å²) in [7, 11) is -2.11. The summed E-state index contributed by atoms with van der Waals surface area (Å²) in [4.78, 5) is 13.0. The number of nitrogens with one attached hydrogen (secondary N) is 1. The fourth-order valence-electron chi connectivity index (χ4n) is 2.95. The van der Waals surface area contributed by atoms with E-state index < -0.39 is 16.1 Å². The first-order chi connectivity index (χ1) is 12.1. The van der Waals surface area contributed by atoms with Crippen LogP contribution in [0, 0.1) is 13.8 Å². The molecule has 5 nitrogen and oxygen atoms in total. The summed E-state index contributed by atoms with van der Waals surface area (Å²) in [5.41, 5.74) is 3.84. The largest absolute Gasteiger partial charge is 0.348 e. The van der Waals surface area contributed by atoms with Crippen molar-refractivity contribution < 1.29 is 13.2 Å². The van der Waals surface area contributed by atoms with Crippen molar-refractivity contribution in [1.82, 2.24) is 9.62 Å². The summed E-state index contributed by atoms with van der Waals surface area (Å²) in [5, 5.41) is 2.97. The molecule has 2 atom stereocenters. The van der Waals surface area contributed by atoms with E-state index in [1.165, 1.54) is 7.05 Å². The van der Waals surface area contributed by atoms with Gasteiger partial charge in [0, 0.05) is 7.05 Å². The number of carbonyl (C=O) groups is 1. The van der Waals surface area contributed by atoms with Gasteiger partial charge in [-0.2, -0.15) is 4.31 Å². The number of sulfonamides is 1. The van der Waals surface area contributed by atoms with Crippen LogP contribution in [0.2, 0.25) is 0 Å². The van der Waals surface area contributed by atoms with E-state index in [9.17, 15) is 13.2 Å². The first-order valence-electron chi connectivity index (χ1n) is 8.46. The molecule has 2 aromatic carbocycles. The molecular weight excluding hydrogens is 348 g/mol. The maximum absolute atomic E-state index is 13.0. The predicted octanol–water partition coefficient (Wildman–Crippen LogP) is 3.11. The van der Waals surface area contributed by atoms with E-state index >= 15 is 0 Å². The molecule has 26 heavy (non-hydrogen) atoms. The van der Waals surface area contributed by atoms with Gasteiger partial charge in [0.2, 0.25) is 15.9 Å². The maximum atomic E-state index is 13.0. The summed E-state index contributed by atoms with van der Waals surface area (Å²) in [6, 6.07) is 13.9. The van der Waals surface area contributed by atoms with Crippen molar-refractivity contribution in [3.8, 4) is 0 Å². The molecule has 0 unspecified atom stereocenters. The molecule has 0 bridgehead atoms. The highest BCUT2D eigenvalue weighted by atomic mass is 32.2. The quantitative estimate of drug-likeness (QED) is 0.845. The number of likely N-dealkylation sites (N-methyl/N-ethyl adjacent to an activating group) is 1. The zero-order valence-corrected chi connectivity index (χ0v) is 16.7. The lowest BCUT2D eigenvalue weighted by Crippen LogP contribution is -2.42. The van der Waals surface area contributed by atoms with E-state index in [4.69, 9.17) is 0 Å². The van der Waals surface area contributed by atoms with E-state index in [2.05, 4.69) is 5.32 Å². The highest BCUT2D eigenvalue weighted by Gasteiger charge is 2.31. The number of hydrogen-bond donors (Lipinski definition) is 1. The van der Waals surface area contributed by atoms with Crippen LogP contribution in [0.4, 0.5) is 0 Å². The third-order valence-corrected chi connectivity index (χ3v) is 5.77. The fourth-order valence-corrected chi connectivity index (χ4v) is 3.55. The summed E-state index contributed by atoms with van der Waals surface area (Å²) >= 11 is 0. The predicted molar refractivity (Wildman–Crippen MR) is 104 cm³/mol. The van der Waals surface area contributed by atoms with Gasteiger partial charge in [-0.15, -0.1) is 0 Å². The lowest BCUT2D eigenvalue weighted by atomic mass is 9.99. The number of rotatable bonds is 6. The van der Waals surface area contributed by atoms with E-state index in [0.29, 0.717) is 5.56 Å². The van der Waals surface area contributed by atoms with E-state index in [1.807, 2.05) is 45.0 Å². The second-order valence-electron chi connectivity index (χ2n) is 6.68. The molecule has 140 valence electrons. The monoisotopic (exact) mass is 374 g/mol. The van der Waals surface area contributed by atoms with Crippen molar-refractivity contribution in [3.63, 3.8) is 0 Å². The minimum atomic E-state index is -3.54. The second kappa shape index (κ2) is 8.01. The number of nitrogens with zero attached hydrogens (tertiary/aromatic N) is 1. The van der Waals surface area contributed by atoms with E-state index in [-0.39, 0.29) is 11.9 Å². The Balaban J connectivity index is 2.33. The van der Waals surface area contributed by atoms with Crippen LogP contribution in [0.1, 0.15) is 41.3 Å². The van der Waals surface area contributed by atoms with Gasteiger partial charge in [-0.05, 0) is 37.5 Å². The molecule has 0 aromatic heterocycles. The summed E-state index contributed by atoms with van der Waals surface area (Å²) in [6.07, 6.45) is 1.10.